The Bertz CT molecular complexity index is 661. The normalized spacial score (nSPS) is 10.3. The molecule has 0 amide bonds. The van der Waals surface area contributed by atoms with E-state index < -0.39 is 0 Å². The van der Waals surface area contributed by atoms with Crippen molar-refractivity contribution in [2.24, 2.45) is 5.73 Å². The van der Waals surface area contributed by atoms with Gasteiger partial charge in [-0.25, -0.2) is 0 Å². The lowest BCUT2D eigenvalue weighted by molar-refractivity contribution is 0.305. The molecular weight excluding hydrogens is 321 g/mol. The molecule has 1 aromatic carbocycles. The number of pyridine rings is 1. The second kappa shape index (κ2) is 6.31. The monoisotopic (exact) mass is 329 g/mol. The fraction of sp³-hybridized carbons (Fsp3) is 0.0769. The molecule has 1 aromatic heterocycles. The van der Waals surface area contributed by atoms with Gasteiger partial charge in [0, 0.05) is 17.8 Å². The van der Waals surface area contributed by atoms with Crippen LogP contribution < -0.4 is 10.5 Å². The minimum absolute atomic E-state index is 0.121. The molecule has 7 heteroatoms. The van der Waals surface area contributed by atoms with Gasteiger partial charge in [0.15, 0.2) is 0 Å². The van der Waals surface area contributed by atoms with Crippen molar-refractivity contribution in [3.05, 3.63) is 56.8 Å². The van der Waals surface area contributed by atoms with Gasteiger partial charge in [0.25, 0.3) is 0 Å². The zero-order valence-electron chi connectivity index (χ0n) is 10.2. The van der Waals surface area contributed by atoms with Crippen LogP contribution in [0.5, 0.6) is 5.75 Å². The van der Waals surface area contributed by atoms with Crippen molar-refractivity contribution in [1.29, 1.82) is 5.41 Å². The third kappa shape index (κ3) is 3.33. The van der Waals surface area contributed by atoms with Gasteiger partial charge in [0.2, 0.25) is 0 Å². The number of benzene rings is 1. The smallest absolute Gasteiger partial charge is 0.142 e. The summed E-state index contributed by atoms with van der Waals surface area (Å²) in [6.07, 6.45) is 1.56. The number of amidine groups is 1. The maximum absolute atomic E-state index is 7.46. The van der Waals surface area contributed by atoms with Gasteiger partial charge in [-0.1, -0.05) is 40.9 Å². The highest BCUT2D eigenvalue weighted by Gasteiger charge is 2.10. The standard InChI is InChI=1S/C13H10Cl3N3O/c14-8-4-10(16)11(5-9(8)15)20-6-7-2-1-3-19-12(7)13(17)18/h1-5H,6H2,(H3,17,18). The molecule has 0 aliphatic rings. The van der Waals surface area contributed by atoms with Gasteiger partial charge in [-0.2, -0.15) is 0 Å². The van der Waals surface area contributed by atoms with E-state index in [0.29, 0.717) is 32.1 Å². The third-order valence-corrected chi connectivity index (χ3v) is 3.52. The quantitative estimate of drug-likeness (QED) is 0.507. The van der Waals surface area contributed by atoms with Crippen molar-refractivity contribution in [1.82, 2.24) is 4.98 Å². The maximum atomic E-state index is 7.46. The second-order valence-electron chi connectivity index (χ2n) is 3.91. The van der Waals surface area contributed by atoms with Gasteiger partial charge in [-0.3, -0.25) is 10.4 Å². The molecule has 20 heavy (non-hydrogen) atoms. The lowest BCUT2D eigenvalue weighted by Crippen LogP contribution is -2.16. The van der Waals surface area contributed by atoms with Crippen molar-refractivity contribution < 1.29 is 4.74 Å². The van der Waals surface area contributed by atoms with Crippen molar-refractivity contribution in [2.45, 2.75) is 6.61 Å². The summed E-state index contributed by atoms with van der Waals surface area (Å²) in [5.41, 5.74) is 6.52. The van der Waals surface area contributed by atoms with Gasteiger partial charge >= 0.3 is 0 Å². The molecule has 0 atom stereocenters. The van der Waals surface area contributed by atoms with Gasteiger partial charge in [0.1, 0.15) is 23.9 Å². The first kappa shape index (κ1) is 14.9. The Balaban J connectivity index is 2.21. The van der Waals surface area contributed by atoms with E-state index in [0.717, 1.165) is 0 Å². The lowest BCUT2D eigenvalue weighted by Gasteiger charge is -2.11. The van der Waals surface area contributed by atoms with Crippen LogP contribution in [0.1, 0.15) is 11.3 Å². The molecule has 2 rings (SSSR count). The number of hydrogen-bond donors (Lipinski definition) is 2. The Morgan fingerprint density at radius 1 is 1.20 bits per heavy atom. The van der Waals surface area contributed by atoms with Crippen LogP contribution in [0.25, 0.3) is 0 Å². The highest BCUT2D eigenvalue weighted by Crippen LogP contribution is 2.34. The average molecular weight is 331 g/mol. The summed E-state index contributed by atoms with van der Waals surface area (Å²) in [6, 6.07) is 6.56. The molecule has 3 N–H and O–H groups in total. The minimum Gasteiger partial charge on any atom is -0.487 e. The van der Waals surface area contributed by atoms with E-state index >= 15 is 0 Å². The van der Waals surface area contributed by atoms with Crippen LogP contribution in [0, 0.1) is 5.41 Å². The molecule has 1 heterocycles. The molecule has 0 radical (unpaired) electrons. The number of hydrogen-bond acceptors (Lipinski definition) is 3. The molecule has 4 nitrogen and oxygen atoms in total. The average Bonchev–Trinajstić information content (AvgIpc) is 2.41. The lowest BCUT2D eigenvalue weighted by atomic mass is 10.2. The number of nitrogen functional groups attached to an aromatic ring is 1. The van der Waals surface area contributed by atoms with Crippen molar-refractivity contribution in [2.75, 3.05) is 0 Å². The maximum Gasteiger partial charge on any atom is 0.142 e. The molecule has 0 bridgehead atoms. The number of ether oxygens (including phenoxy) is 1. The van der Waals surface area contributed by atoms with E-state index in [2.05, 4.69) is 4.98 Å². The zero-order valence-corrected chi connectivity index (χ0v) is 12.4. The van der Waals surface area contributed by atoms with Crippen LogP contribution in [-0.2, 0) is 6.61 Å². The molecule has 0 saturated carbocycles. The van der Waals surface area contributed by atoms with E-state index in [9.17, 15) is 0 Å². The number of nitrogens with two attached hydrogens (primary N) is 1. The van der Waals surface area contributed by atoms with Gasteiger partial charge in [0.05, 0.1) is 15.1 Å². The van der Waals surface area contributed by atoms with Gasteiger partial charge in [-0.05, 0) is 12.1 Å². The summed E-state index contributed by atoms with van der Waals surface area (Å²) in [6.45, 7) is 0.167. The fourth-order valence-electron chi connectivity index (χ4n) is 1.57. The van der Waals surface area contributed by atoms with Crippen LogP contribution in [0.4, 0.5) is 0 Å². The van der Waals surface area contributed by atoms with Crippen LogP contribution in [0.15, 0.2) is 30.5 Å². The Morgan fingerprint density at radius 3 is 2.60 bits per heavy atom. The summed E-state index contributed by atoms with van der Waals surface area (Å²) in [5.74, 6) is 0.281. The molecule has 0 unspecified atom stereocenters. The van der Waals surface area contributed by atoms with E-state index in [1.54, 1.807) is 18.3 Å². The summed E-state index contributed by atoms with van der Waals surface area (Å²) in [4.78, 5) is 4.03. The number of halogens is 3. The van der Waals surface area contributed by atoms with Crippen molar-refractivity contribution >= 4 is 40.6 Å². The molecule has 0 saturated heterocycles. The summed E-state index contributed by atoms with van der Waals surface area (Å²) in [7, 11) is 0. The number of nitrogens with zero attached hydrogens (tertiary/aromatic N) is 1. The predicted molar refractivity (Wildman–Crippen MR) is 81.1 cm³/mol. The molecule has 104 valence electrons. The summed E-state index contributed by atoms with van der Waals surface area (Å²) >= 11 is 17.8. The van der Waals surface area contributed by atoms with Crippen molar-refractivity contribution in [3.63, 3.8) is 0 Å². The van der Waals surface area contributed by atoms with E-state index in [1.807, 2.05) is 0 Å². The molecule has 0 aliphatic carbocycles. The summed E-state index contributed by atoms with van der Waals surface area (Å²) < 4.78 is 5.58. The molecule has 2 aromatic rings. The first-order valence-corrected chi connectivity index (χ1v) is 6.68. The van der Waals surface area contributed by atoms with E-state index in [1.165, 1.54) is 12.1 Å². The topological polar surface area (TPSA) is 72.0 Å². The third-order valence-electron chi connectivity index (χ3n) is 2.50. The van der Waals surface area contributed by atoms with Gasteiger partial charge in [-0.15, -0.1) is 0 Å². The van der Waals surface area contributed by atoms with Crippen LogP contribution in [0.3, 0.4) is 0 Å². The largest absolute Gasteiger partial charge is 0.487 e. The Kier molecular flexibility index (Phi) is 4.70. The zero-order chi connectivity index (χ0) is 14.7. The fourth-order valence-corrected chi connectivity index (χ4v) is 2.16. The highest BCUT2D eigenvalue weighted by atomic mass is 35.5. The number of rotatable bonds is 4. The first-order valence-electron chi connectivity index (χ1n) is 5.54. The Morgan fingerprint density at radius 2 is 1.90 bits per heavy atom. The molecule has 0 aliphatic heterocycles. The number of aromatic nitrogens is 1. The molecular formula is C13H10Cl3N3O. The summed E-state index contributed by atoms with van der Waals surface area (Å²) in [5, 5.41) is 8.52. The minimum atomic E-state index is -0.121. The molecule has 0 fully saturated rings. The second-order valence-corrected chi connectivity index (χ2v) is 5.13. The van der Waals surface area contributed by atoms with E-state index in [4.69, 9.17) is 50.7 Å². The predicted octanol–water partition coefficient (Wildman–Crippen LogP) is 3.90. The Hall–Kier alpha value is -1.49. The Labute approximate surface area is 130 Å². The van der Waals surface area contributed by atoms with Crippen LogP contribution >= 0.6 is 34.8 Å². The van der Waals surface area contributed by atoms with Crippen LogP contribution in [-0.4, -0.2) is 10.8 Å². The van der Waals surface area contributed by atoms with E-state index in [-0.39, 0.29) is 12.4 Å². The molecule has 0 spiro atoms. The SMILES string of the molecule is N=C(N)c1ncccc1COc1cc(Cl)c(Cl)cc1Cl. The van der Waals surface area contributed by atoms with Crippen molar-refractivity contribution in [3.8, 4) is 5.75 Å². The van der Waals surface area contributed by atoms with Gasteiger partial charge < -0.3 is 10.5 Å². The first-order chi connectivity index (χ1) is 9.49. The highest BCUT2D eigenvalue weighted by molar-refractivity contribution is 6.43. The van der Waals surface area contributed by atoms with Crippen LogP contribution in [0.2, 0.25) is 15.1 Å². The number of nitrogens with one attached hydrogen (secondary N) is 1.